The number of carbonyl (C=O) groups excluding carboxylic acids is 2. The molecule has 0 atom stereocenters. The van der Waals surface area contributed by atoms with Gasteiger partial charge < -0.3 is 16.0 Å². The minimum Gasteiger partial charge on any atom is -0.397 e. The summed E-state index contributed by atoms with van der Waals surface area (Å²) in [5, 5.41) is 2.82. The molecule has 6 nitrogen and oxygen atoms in total. The molecule has 114 valence electrons. The van der Waals surface area contributed by atoms with E-state index >= 15 is 0 Å². The van der Waals surface area contributed by atoms with Crippen LogP contribution in [0.15, 0.2) is 24.3 Å². The Morgan fingerprint density at radius 1 is 1.19 bits per heavy atom. The van der Waals surface area contributed by atoms with Gasteiger partial charge in [0.25, 0.3) is 0 Å². The number of nitrogens with two attached hydrogens (primary N) is 1. The van der Waals surface area contributed by atoms with Crippen molar-refractivity contribution in [2.75, 3.05) is 43.8 Å². The van der Waals surface area contributed by atoms with Crippen LogP contribution < -0.4 is 11.1 Å². The van der Waals surface area contributed by atoms with Gasteiger partial charge in [0, 0.05) is 46.1 Å². The number of hydrogen-bond acceptors (Lipinski definition) is 4. The standard InChI is InChI=1S/C15H22N4O2/c1-12(20)19-10-8-18(9-11-19)7-6-15(21)17-14-5-3-2-4-13(14)16/h2-5H,6-11,16H2,1H3,(H,17,21). The zero-order valence-corrected chi connectivity index (χ0v) is 12.3. The molecule has 1 aliphatic rings. The van der Waals surface area contributed by atoms with Crippen LogP contribution in [-0.4, -0.2) is 54.3 Å². The average molecular weight is 290 g/mol. The number of carbonyl (C=O) groups is 2. The number of rotatable bonds is 4. The molecule has 1 aromatic rings. The van der Waals surface area contributed by atoms with Gasteiger partial charge in [0.15, 0.2) is 0 Å². The Labute approximate surface area is 124 Å². The number of nitrogens with zero attached hydrogens (tertiary/aromatic N) is 2. The molecule has 2 amide bonds. The van der Waals surface area contributed by atoms with E-state index in [1.165, 1.54) is 0 Å². The number of para-hydroxylation sites is 2. The van der Waals surface area contributed by atoms with Gasteiger partial charge in [0.05, 0.1) is 11.4 Å². The minimum atomic E-state index is -0.0399. The first-order chi connectivity index (χ1) is 10.1. The van der Waals surface area contributed by atoms with Crippen molar-refractivity contribution in [3.8, 4) is 0 Å². The molecule has 0 aromatic heterocycles. The third-order valence-corrected chi connectivity index (χ3v) is 3.71. The molecule has 1 heterocycles. The van der Waals surface area contributed by atoms with Crippen molar-refractivity contribution in [3.63, 3.8) is 0 Å². The zero-order valence-electron chi connectivity index (χ0n) is 12.3. The number of nitrogens with one attached hydrogen (secondary N) is 1. The maximum absolute atomic E-state index is 11.9. The van der Waals surface area contributed by atoms with Crippen molar-refractivity contribution in [1.29, 1.82) is 0 Å². The highest BCUT2D eigenvalue weighted by Crippen LogP contribution is 2.16. The molecule has 2 rings (SSSR count). The number of nitrogen functional groups attached to an aromatic ring is 1. The largest absolute Gasteiger partial charge is 0.397 e. The molecule has 0 spiro atoms. The number of anilines is 2. The first kappa shape index (κ1) is 15.3. The summed E-state index contributed by atoms with van der Waals surface area (Å²) in [4.78, 5) is 27.2. The number of amides is 2. The van der Waals surface area contributed by atoms with Crippen molar-refractivity contribution in [2.45, 2.75) is 13.3 Å². The molecule has 21 heavy (non-hydrogen) atoms. The van der Waals surface area contributed by atoms with E-state index in [1.54, 1.807) is 19.1 Å². The van der Waals surface area contributed by atoms with Crippen LogP contribution in [0.25, 0.3) is 0 Å². The molecule has 6 heteroatoms. The second-order valence-corrected chi connectivity index (χ2v) is 5.23. The maximum Gasteiger partial charge on any atom is 0.225 e. The zero-order chi connectivity index (χ0) is 15.2. The molecule has 1 aliphatic heterocycles. The molecule has 0 bridgehead atoms. The topological polar surface area (TPSA) is 78.7 Å². The fraction of sp³-hybridized carbons (Fsp3) is 0.467. The van der Waals surface area contributed by atoms with Gasteiger partial charge in [-0.05, 0) is 12.1 Å². The molecular weight excluding hydrogens is 268 g/mol. The van der Waals surface area contributed by atoms with Crippen molar-refractivity contribution in [1.82, 2.24) is 9.80 Å². The van der Waals surface area contributed by atoms with Gasteiger partial charge >= 0.3 is 0 Å². The predicted molar refractivity (Wildman–Crippen MR) is 82.8 cm³/mol. The SMILES string of the molecule is CC(=O)N1CCN(CCC(=O)Nc2ccccc2N)CC1. The van der Waals surface area contributed by atoms with Gasteiger partial charge in [-0.25, -0.2) is 0 Å². The molecule has 0 saturated carbocycles. The van der Waals surface area contributed by atoms with Gasteiger partial charge in [0.1, 0.15) is 0 Å². The normalized spacial score (nSPS) is 15.8. The van der Waals surface area contributed by atoms with Crippen LogP contribution in [0.2, 0.25) is 0 Å². The monoisotopic (exact) mass is 290 g/mol. The van der Waals surface area contributed by atoms with E-state index < -0.39 is 0 Å². The Bertz CT molecular complexity index is 510. The van der Waals surface area contributed by atoms with Gasteiger partial charge in [-0.15, -0.1) is 0 Å². The first-order valence-electron chi connectivity index (χ1n) is 7.18. The summed E-state index contributed by atoms with van der Waals surface area (Å²) >= 11 is 0. The van der Waals surface area contributed by atoms with Gasteiger partial charge in [-0.2, -0.15) is 0 Å². The molecule has 1 saturated heterocycles. The number of piperazine rings is 1. The molecule has 3 N–H and O–H groups in total. The van der Waals surface area contributed by atoms with Crippen LogP contribution in [-0.2, 0) is 9.59 Å². The van der Waals surface area contributed by atoms with Crippen molar-refractivity contribution in [3.05, 3.63) is 24.3 Å². The highest BCUT2D eigenvalue weighted by atomic mass is 16.2. The average Bonchev–Trinajstić information content (AvgIpc) is 2.48. The number of hydrogen-bond donors (Lipinski definition) is 2. The van der Waals surface area contributed by atoms with Gasteiger partial charge in [-0.1, -0.05) is 12.1 Å². The fourth-order valence-corrected chi connectivity index (χ4v) is 2.37. The van der Waals surface area contributed by atoms with E-state index in [-0.39, 0.29) is 11.8 Å². The quantitative estimate of drug-likeness (QED) is 0.803. The van der Waals surface area contributed by atoms with Crippen molar-refractivity contribution >= 4 is 23.2 Å². The van der Waals surface area contributed by atoms with E-state index in [0.717, 1.165) is 26.2 Å². The molecule has 1 fully saturated rings. The molecule has 0 unspecified atom stereocenters. The minimum absolute atomic E-state index is 0.0399. The Morgan fingerprint density at radius 3 is 2.48 bits per heavy atom. The van der Waals surface area contributed by atoms with Crippen LogP contribution in [0.1, 0.15) is 13.3 Å². The smallest absolute Gasteiger partial charge is 0.225 e. The van der Waals surface area contributed by atoms with E-state index in [0.29, 0.717) is 24.3 Å². The summed E-state index contributed by atoms with van der Waals surface area (Å²) in [6.07, 6.45) is 0.425. The third-order valence-electron chi connectivity index (χ3n) is 3.71. The Kier molecular flexibility index (Phi) is 5.16. The van der Waals surface area contributed by atoms with Crippen LogP contribution in [0, 0.1) is 0 Å². The summed E-state index contributed by atoms with van der Waals surface area (Å²) in [7, 11) is 0. The predicted octanol–water partition coefficient (Wildman–Crippen LogP) is 0.761. The molecular formula is C15H22N4O2. The maximum atomic E-state index is 11.9. The second-order valence-electron chi connectivity index (χ2n) is 5.23. The fourth-order valence-electron chi connectivity index (χ4n) is 2.37. The van der Waals surface area contributed by atoms with E-state index in [2.05, 4.69) is 10.2 Å². The van der Waals surface area contributed by atoms with E-state index in [1.807, 2.05) is 17.0 Å². The molecule has 1 aromatic carbocycles. The van der Waals surface area contributed by atoms with Gasteiger partial charge in [0.2, 0.25) is 11.8 Å². The second kappa shape index (κ2) is 7.08. The lowest BCUT2D eigenvalue weighted by atomic mass is 10.2. The van der Waals surface area contributed by atoms with E-state index in [9.17, 15) is 9.59 Å². The lowest BCUT2D eigenvalue weighted by Gasteiger charge is -2.34. The molecule has 0 radical (unpaired) electrons. The van der Waals surface area contributed by atoms with Crippen molar-refractivity contribution < 1.29 is 9.59 Å². The Balaban J connectivity index is 1.73. The summed E-state index contributed by atoms with van der Waals surface area (Å²) in [6, 6.07) is 7.22. The summed E-state index contributed by atoms with van der Waals surface area (Å²) in [5.74, 6) is 0.0776. The lowest BCUT2D eigenvalue weighted by Crippen LogP contribution is -2.48. The first-order valence-corrected chi connectivity index (χ1v) is 7.18. The van der Waals surface area contributed by atoms with E-state index in [4.69, 9.17) is 5.73 Å². The summed E-state index contributed by atoms with van der Waals surface area (Å²) in [5.41, 5.74) is 7.02. The molecule has 0 aliphatic carbocycles. The van der Waals surface area contributed by atoms with Crippen LogP contribution in [0.3, 0.4) is 0 Å². The van der Waals surface area contributed by atoms with Crippen molar-refractivity contribution in [2.24, 2.45) is 0 Å². The van der Waals surface area contributed by atoms with Gasteiger partial charge in [-0.3, -0.25) is 14.5 Å². The van der Waals surface area contributed by atoms with Crippen LogP contribution in [0.5, 0.6) is 0 Å². The Morgan fingerprint density at radius 2 is 1.86 bits per heavy atom. The summed E-state index contributed by atoms with van der Waals surface area (Å²) in [6.45, 7) is 5.41. The number of benzene rings is 1. The lowest BCUT2D eigenvalue weighted by molar-refractivity contribution is -0.130. The third kappa shape index (κ3) is 4.46. The van der Waals surface area contributed by atoms with Crippen LogP contribution in [0.4, 0.5) is 11.4 Å². The Hall–Kier alpha value is -2.08. The highest BCUT2D eigenvalue weighted by molar-refractivity contribution is 5.93. The van der Waals surface area contributed by atoms with Crippen LogP contribution >= 0.6 is 0 Å². The highest BCUT2D eigenvalue weighted by Gasteiger charge is 2.18. The summed E-state index contributed by atoms with van der Waals surface area (Å²) < 4.78 is 0.